The molecule has 0 atom stereocenters. The second-order valence-corrected chi connectivity index (χ2v) is 16.1. The van der Waals surface area contributed by atoms with Crippen molar-refractivity contribution in [1.82, 2.24) is 9.80 Å². The van der Waals surface area contributed by atoms with Crippen LogP contribution in [0, 0.1) is 0 Å². The second-order valence-electron chi connectivity index (χ2n) is 14.0. The summed E-state index contributed by atoms with van der Waals surface area (Å²) in [7, 11) is 4.28. The zero-order valence-corrected chi connectivity index (χ0v) is 33.3. The molecule has 5 heterocycles. The molecule has 276 valence electrons. The summed E-state index contributed by atoms with van der Waals surface area (Å²) >= 11 is 3.64. The van der Waals surface area contributed by atoms with E-state index in [9.17, 15) is 0 Å². The predicted octanol–water partition coefficient (Wildman–Crippen LogP) is 9.71. The Kier molecular flexibility index (Phi) is 10.1. The molecule has 3 aliphatic rings. The molecule has 56 heavy (non-hydrogen) atoms. The van der Waals surface area contributed by atoms with Crippen molar-refractivity contribution in [2.45, 2.75) is 0 Å². The van der Waals surface area contributed by atoms with Crippen LogP contribution in [0.15, 0.2) is 193 Å². The van der Waals surface area contributed by atoms with E-state index >= 15 is 0 Å². The molecule has 0 aliphatic carbocycles. The van der Waals surface area contributed by atoms with Crippen molar-refractivity contribution < 1.29 is 9.13 Å². The van der Waals surface area contributed by atoms with Gasteiger partial charge in [-0.1, -0.05) is 108 Å². The van der Waals surface area contributed by atoms with Crippen LogP contribution in [-0.4, -0.2) is 36.0 Å². The molecule has 0 saturated carbocycles. The van der Waals surface area contributed by atoms with Crippen LogP contribution in [0.3, 0.4) is 0 Å². The molecule has 4 aromatic carbocycles. The third-order valence-corrected chi connectivity index (χ3v) is 12.9. The van der Waals surface area contributed by atoms with E-state index in [4.69, 9.17) is 0 Å². The number of nitrogens with zero attached hydrogens (tertiary/aromatic N) is 6. The first kappa shape index (κ1) is 35.5. The van der Waals surface area contributed by atoms with Crippen LogP contribution in [0.2, 0.25) is 0 Å². The molecule has 9 rings (SSSR count). The normalized spacial score (nSPS) is 17.8. The van der Waals surface area contributed by atoms with Crippen molar-refractivity contribution >= 4 is 66.6 Å². The second kappa shape index (κ2) is 15.9. The molecular formula is C48H44N6S2+2. The van der Waals surface area contributed by atoms with E-state index in [-0.39, 0.29) is 0 Å². The molecule has 1 saturated heterocycles. The fraction of sp³-hybridized carbons (Fsp3) is 0.125. The lowest BCUT2D eigenvalue weighted by Crippen LogP contribution is -2.50. The van der Waals surface area contributed by atoms with Gasteiger partial charge in [0.15, 0.2) is 0 Å². The average molecular weight is 769 g/mol. The van der Waals surface area contributed by atoms with Crippen molar-refractivity contribution in [3.05, 3.63) is 203 Å². The van der Waals surface area contributed by atoms with Crippen LogP contribution >= 0.6 is 22.7 Å². The van der Waals surface area contributed by atoms with Crippen LogP contribution in [0.25, 0.3) is 32.6 Å². The highest BCUT2D eigenvalue weighted by Gasteiger charge is 2.28. The summed E-state index contributed by atoms with van der Waals surface area (Å²) in [5.41, 5.74) is 7.19. The summed E-state index contributed by atoms with van der Waals surface area (Å²) in [5, 5.41) is 2.45. The van der Waals surface area contributed by atoms with Gasteiger partial charge < -0.3 is 19.6 Å². The van der Waals surface area contributed by atoms with Gasteiger partial charge in [-0.25, -0.2) is 0 Å². The lowest BCUT2D eigenvalue weighted by molar-refractivity contribution is -0.642. The Morgan fingerprint density at radius 3 is 1.30 bits per heavy atom. The number of rotatable bonds is 8. The number of hydrogen-bond acceptors (Lipinski definition) is 6. The Morgan fingerprint density at radius 1 is 0.500 bits per heavy atom. The molecule has 0 unspecified atom stereocenters. The maximum absolute atomic E-state index is 2.53. The van der Waals surface area contributed by atoms with E-state index in [0.717, 1.165) is 37.6 Å². The van der Waals surface area contributed by atoms with Gasteiger partial charge in [0.2, 0.25) is 11.0 Å². The molecular weight excluding hydrogens is 725 g/mol. The first-order chi connectivity index (χ1) is 27.6. The third kappa shape index (κ3) is 7.29. The van der Waals surface area contributed by atoms with Gasteiger partial charge in [0.05, 0.1) is 0 Å². The summed E-state index contributed by atoms with van der Waals surface area (Å²) in [6.07, 6.45) is 26.8. The highest BCUT2D eigenvalue weighted by atomic mass is 32.1. The van der Waals surface area contributed by atoms with Crippen molar-refractivity contribution in [2.75, 3.05) is 36.0 Å². The van der Waals surface area contributed by atoms with Crippen molar-refractivity contribution in [3.8, 4) is 0 Å². The Morgan fingerprint density at radius 2 is 0.893 bits per heavy atom. The van der Waals surface area contributed by atoms with E-state index in [1.807, 2.05) is 22.7 Å². The Labute approximate surface area is 337 Å². The molecule has 6 nitrogen and oxygen atoms in total. The average Bonchev–Trinajstić information content (AvgIpc) is 3.76. The number of fused-ring (bicyclic) bond motifs is 2. The minimum absolute atomic E-state index is 0.898. The van der Waals surface area contributed by atoms with E-state index in [2.05, 4.69) is 225 Å². The van der Waals surface area contributed by atoms with E-state index in [0.29, 0.717) is 0 Å². The highest BCUT2D eigenvalue weighted by molar-refractivity contribution is 7.19. The SMILES string of the molecule is C[n+]1c(/C=C/C=C2/C=CN(c3ccccc3)C(N3CCN(C4=C/C(=C\C=C\c5sc6ccccc6[n+]5C)C=CN4c4ccccc4)CC3)=C2)sc2ccccc21. The van der Waals surface area contributed by atoms with Crippen LogP contribution < -0.4 is 18.9 Å². The molecule has 6 aromatic rings. The zero-order valence-electron chi connectivity index (χ0n) is 31.6. The van der Waals surface area contributed by atoms with Crippen molar-refractivity contribution in [1.29, 1.82) is 0 Å². The molecule has 8 heteroatoms. The number of aromatic nitrogens is 2. The van der Waals surface area contributed by atoms with Gasteiger partial charge >= 0.3 is 0 Å². The van der Waals surface area contributed by atoms with Gasteiger partial charge in [0.25, 0.3) is 10.0 Å². The van der Waals surface area contributed by atoms with Gasteiger partial charge in [-0.2, -0.15) is 9.13 Å². The van der Waals surface area contributed by atoms with E-state index < -0.39 is 0 Å². The molecule has 0 amide bonds. The molecule has 0 spiro atoms. The number of benzene rings is 4. The molecule has 0 N–H and O–H groups in total. The van der Waals surface area contributed by atoms with Gasteiger partial charge in [0.1, 0.15) is 35.1 Å². The molecule has 0 radical (unpaired) electrons. The number of aryl methyl sites for hydroxylation is 2. The van der Waals surface area contributed by atoms with Gasteiger partial charge in [-0.15, -0.1) is 0 Å². The molecule has 0 bridgehead atoms. The maximum Gasteiger partial charge on any atom is 0.262 e. The predicted molar refractivity (Wildman–Crippen MR) is 236 cm³/mol. The van der Waals surface area contributed by atoms with Gasteiger partial charge in [-0.05, 0) is 71.8 Å². The summed E-state index contributed by atoms with van der Waals surface area (Å²) < 4.78 is 7.13. The van der Waals surface area contributed by atoms with E-state index in [1.54, 1.807) is 0 Å². The topological polar surface area (TPSA) is 20.7 Å². The minimum Gasteiger partial charge on any atom is -0.354 e. The number of para-hydroxylation sites is 4. The summed E-state index contributed by atoms with van der Waals surface area (Å²) in [4.78, 5) is 9.72. The number of anilines is 2. The summed E-state index contributed by atoms with van der Waals surface area (Å²) in [6.45, 7) is 3.59. The smallest absolute Gasteiger partial charge is 0.262 e. The first-order valence-corrected chi connectivity index (χ1v) is 20.7. The first-order valence-electron chi connectivity index (χ1n) is 19.1. The maximum atomic E-state index is 2.53. The van der Waals surface area contributed by atoms with Gasteiger partial charge in [0, 0.05) is 74.2 Å². The largest absolute Gasteiger partial charge is 0.354 e. The Balaban J connectivity index is 0.964. The van der Waals surface area contributed by atoms with Crippen molar-refractivity contribution in [2.24, 2.45) is 14.1 Å². The Bertz CT molecular complexity index is 2450. The number of piperazine rings is 1. The van der Waals surface area contributed by atoms with Crippen molar-refractivity contribution in [3.63, 3.8) is 0 Å². The zero-order chi connectivity index (χ0) is 37.8. The van der Waals surface area contributed by atoms with Crippen LogP contribution in [-0.2, 0) is 14.1 Å². The number of allylic oxidation sites excluding steroid dienone is 10. The molecule has 3 aliphatic heterocycles. The number of thiazole rings is 2. The quantitative estimate of drug-likeness (QED) is 0.144. The lowest BCUT2D eigenvalue weighted by Gasteiger charge is -2.44. The fourth-order valence-electron chi connectivity index (χ4n) is 7.50. The fourth-order valence-corrected chi connectivity index (χ4v) is 9.62. The van der Waals surface area contributed by atoms with Crippen LogP contribution in [0.5, 0.6) is 0 Å². The summed E-state index contributed by atoms with van der Waals surface area (Å²) in [5.74, 6) is 2.39. The standard InChI is InChI=1S/C48H44N6S2/c1-49-41-21-9-11-23-43(41)55-47(49)25-13-15-37-27-29-53(39-17-5-3-6-18-39)45(35-37)51-31-33-52(34-32-51)46-36-38(28-30-54(46)40-19-7-4-8-20-40)16-14-26-48-50(2)42-22-10-12-24-44(42)56-48/h3-30,35-36H,31-34H2,1-2H3/q+2. The third-order valence-electron chi connectivity index (χ3n) is 10.5. The lowest BCUT2D eigenvalue weighted by atomic mass is 10.1. The number of hydrogen-bond donors (Lipinski definition) is 0. The Hall–Kier alpha value is -6.22. The molecule has 2 aromatic heterocycles. The monoisotopic (exact) mass is 768 g/mol. The summed E-state index contributed by atoms with van der Waals surface area (Å²) in [6, 6.07) is 38.5. The van der Waals surface area contributed by atoms with Crippen LogP contribution in [0.4, 0.5) is 11.4 Å². The molecule has 1 fully saturated rings. The van der Waals surface area contributed by atoms with Gasteiger partial charge in [-0.3, -0.25) is 0 Å². The minimum atomic E-state index is 0.898. The highest BCUT2D eigenvalue weighted by Crippen LogP contribution is 2.32. The van der Waals surface area contributed by atoms with Crippen LogP contribution in [0.1, 0.15) is 10.0 Å². The van der Waals surface area contributed by atoms with E-state index in [1.165, 1.54) is 53.2 Å².